The van der Waals surface area contributed by atoms with Crippen molar-refractivity contribution in [3.63, 3.8) is 0 Å². The molecule has 0 aliphatic rings. The highest BCUT2D eigenvalue weighted by molar-refractivity contribution is 5.76. The van der Waals surface area contributed by atoms with Crippen LogP contribution in [0.15, 0.2) is 0 Å². The van der Waals surface area contributed by atoms with Crippen molar-refractivity contribution in [3.8, 4) is 0 Å². The van der Waals surface area contributed by atoms with Gasteiger partial charge in [-0.1, -0.05) is 32.6 Å². The van der Waals surface area contributed by atoms with Crippen LogP contribution >= 0.6 is 0 Å². The third kappa shape index (κ3) is 8.05. The standard InChI is InChI=1S/C11H23NO2/c1-3-4-5-6-7-8-11(14)12-10(2)9-13/h10,13H,3-9H2,1-2H3,(H,12,14). The number of amides is 1. The van der Waals surface area contributed by atoms with Crippen molar-refractivity contribution < 1.29 is 9.90 Å². The highest BCUT2D eigenvalue weighted by atomic mass is 16.3. The average molecular weight is 201 g/mol. The summed E-state index contributed by atoms with van der Waals surface area (Å²) in [5.74, 6) is 0.0584. The molecule has 0 aliphatic heterocycles. The molecular formula is C11H23NO2. The Morgan fingerprint density at radius 3 is 2.50 bits per heavy atom. The molecule has 0 radical (unpaired) electrons. The van der Waals surface area contributed by atoms with Gasteiger partial charge in [0.1, 0.15) is 0 Å². The van der Waals surface area contributed by atoms with Crippen LogP contribution < -0.4 is 5.32 Å². The second-order valence-electron chi connectivity index (χ2n) is 3.82. The van der Waals surface area contributed by atoms with Gasteiger partial charge in [-0.25, -0.2) is 0 Å². The minimum absolute atomic E-state index is 0.0155. The zero-order valence-corrected chi connectivity index (χ0v) is 9.38. The van der Waals surface area contributed by atoms with Gasteiger partial charge in [-0.3, -0.25) is 4.79 Å². The summed E-state index contributed by atoms with van der Waals surface area (Å²) in [6.07, 6.45) is 6.40. The van der Waals surface area contributed by atoms with Crippen LogP contribution in [-0.4, -0.2) is 23.7 Å². The van der Waals surface area contributed by atoms with Crippen molar-refractivity contribution in [1.82, 2.24) is 5.32 Å². The highest BCUT2D eigenvalue weighted by Crippen LogP contribution is 2.04. The lowest BCUT2D eigenvalue weighted by Gasteiger charge is -2.10. The lowest BCUT2D eigenvalue weighted by molar-refractivity contribution is -0.122. The van der Waals surface area contributed by atoms with Gasteiger partial charge in [0.2, 0.25) is 5.91 Å². The Kier molecular flexibility index (Phi) is 8.64. The van der Waals surface area contributed by atoms with E-state index in [4.69, 9.17) is 5.11 Å². The van der Waals surface area contributed by atoms with Crippen molar-refractivity contribution >= 4 is 5.91 Å². The van der Waals surface area contributed by atoms with E-state index in [1.54, 1.807) is 6.92 Å². The summed E-state index contributed by atoms with van der Waals surface area (Å²) in [5.41, 5.74) is 0. The quantitative estimate of drug-likeness (QED) is 0.589. The maximum Gasteiger partial charge on any atom is 0.220 e. The molecule has 1 atom stereocenters. The van der Waals surface area contributed by atoms with Crippen molar-refractivity contribution in [3.05, 3.63) is 0 Å². The van der Waals surface area contributed by atoms with Crippen LogP contribution in [0.2, 0.25) is 0 Å². The molecule has 0 rings (SSSR count). The maximum absolute atomic E-state index is 11.2. The number of carbonyl (C=O) groups is 1. The molecule has 0 aromatic heterocycles. The van der Waals surface area contributed by atoms with Crippen molar-refractivity contribution in [2.45, 2.75) is 58.4 Å². The number of rotatable bonds is 8. The topological polar surface area (TPSA) is 49.3 Å². The van der Waals surface area contributed by atoms with Crippen molar-refractivity contribution in [2.75, 3.05) is 6.61 Å². The molecule has 0 saturated heterocycles. The summed E-state index contributed by atoms with van der Waals surface area (Å²) in [7, 11) is 0. The Labute approximate surface area is 86.9 Å². The van der Waals surface area contributed by atoms with E-state index in [1.165, 1.54) is 19.3 Å². The van der Waals surface area contributed by atoms with Gasteiger partial charge in [0, 0.05) is 12.5 Å². The van der Waals surface area contributed by atoms with E-state index >= 15 is 0 Å². The van der Waals surface area contributed by atoms with Crippen LogP contribution in [0.4, 0.5) is 0 Å². The van der Waals surface area contributed by atoms with Crippen LogP contribution in [0.5, 0.6) is 0 Å². The molecule has 0 bridgehead atoms. The second-order valence-corrected chi connectivity index (χ2v) is 3.82. The lowest BCUT2D eigenvalue weighted by atomic mass is 10.1. The molecule has 3 nitrogen and oxygen atoms in total. The zero-order chi connectivity index (χ0) is 10.8. The summed E-state index contributed by atoms with van der Waals surface area (Å²) in [6, 6.07) is -0.113. The summed E-state index contributed by atoms with van der Waals surface area (Å²) in [4.78, 5) is 11.2. The second kappa shape index (κ2) is 9.00. The number of aliphatic hydroxyl groups excluding tert-OH is 1. The molecule has 0 saturated carbocycles. The van der Waals surface area contributed by atoms with Crippen LogP contribution in [0.3, 0.4) is 0 Å². The zero-order valence-electron chi connectivity index (χ0n) is 9.38. The van der Waals surface area contributed by atoms with E-state index in [2.05, 4.69) is 12.2 Å². The summed E-state index contributed by atoms with van der Waals surface area (Å²) < 4.78 is 0. The van der Waals surface area contributed by atoms with Gasteiger partial charge in [-0.05, 0) is 13.3 Å². The molecule has 0 spiro atoms. The maximum atomic E-state index is 11.2. The van der Waals surface area contributed by atoms with Gasteiger partial charge in [0.15, 0.2) is 0 Å². The molecule has 1 amide bonds. The fourth-order valence-corrected chi connectivity index (χ4v) is 1.28. The first-order chi connectivity index (χ1) is 6.70. The first-order valence-electron chi connectivity index (χ1n) is 5.61. The molecule has 0 aromatic rings. The number of unbranched alkanes of at least 4 members (excludes halogenated alkanes) is 4. The SMILES string of the molecule is CCCCCCCC(=O)NC(C)CO. The lowest BCUT2D eigenvalue weighted by Crippen LogP contribution is -2.34. The predicted molar refractivity (Wildman–Crippen MR) is 58.1 cm³/mol. The largest absolute Gasteiger partial charge is 0.394 e. The van der Waals surface area contributed by atoms with E-state index in [9.17, 15) is 4.79 Å². The number of aliphatic hydroxyl groups is 1. The predicted octanol–water partition coefficient (Wildman–Crippen LogP) is 1.84. The third-order valence-electron chi connectivity index (χ3n) is 2.19. The molecule has 0 aliphatic carbocycles. The number of carbonyl (C=O) groups excluding carboxylic acids is 1. The number of hydrogen-bond acceptors (Lipinski definition) is 2. The molecular weight excluding hydrogens is 178 g/mol. The van der Waals surface area contributed by atoms with Gasteiger partial charge >= 0.3 is 0 Å². The van der Waals surface area contributed by atoms with Gasteiger partial charge < -0.3 is 10.4 Å². The molecule has 84 valence electrons. The van der Waals surface area contributed by atoms with E-state index in [1.807, 2.05) is 0 Å². The Hall–Kier alpha value is -0.570. The first-order valence-corrected chi connectivity index (χ1v) is 5.61. The van der Waals surface area contributed by atoms with E-state index < -0.39 is 0 Å². The third-order valence-corrected chi connectivity index (χ3v) is 2.19. The monoisotopic (exact) mass is 201 g/mol. The van der Waals surface area contributed by atoms with E-state index in [-0.39, 0.29) is 18.6 Å². The molecule has 0 heterocycles. The normalized spacial score (nSPS) is 12.5. The van der Waals surface area contributed by atoms with Crippen LogP contribution in [0.1, 0.15) is 52.4 Å². The average Bonchev–Trinajstić information content (AvgIpc) is 2.17. The molecule has 1 unspecified atom stereocenters. The fraction of sp³-hybridized carbons (Fsp3) is 0.909. The highest BCUT2D eigenvalue weighted by Gasteiger charge is 2.04. The Morgan fingerprint density at radius 2 is 1.93 bits per heavy atom. The summed E-state index contributed by atoms with van der Waals surface area (Å²) in [6.45, 7) is 3.99. The fourth-order valence-electron chi connectivity index (χ4n) is 1.28. The molecule has 2 N–H and O–H groups in total. The first kappa shape index (κ1) is 13.4. The Morgan fingerprint density at radius 1 is 1.29 bits per heavy atom. The van der Waals surface area contributed by atoms with Crippen LogP contribution in [-0.2, 0) is 4.79 Å². The van der Waals surface area contributed by atoms with Crippen molar-refractivity contribution in [1.29, 1.82) is 0 Å². The molecule has 14 heavy (non-hydrogen) atoms. The van der Waals surface area contributed by atoms with Gasteiger partial charge in [-0.2, -0.15) is 0 Å². The van der Waals surface area contributed by atoms with E-state index in [0.29, 0.717) is 6.42 Å². The van der Waals surface area contributed by atoms with Gasteiger partial charge in [-0.15, -0.1) is 0 Å². The molecule has 0 fully saturated rings. The Bertz CT molecular complexity index is 148. The smallest absolute Gasteiger partial charge is 0.220 e. The van der Waals surface area contributed by atoms with E-state index in [0.717, 1.165) is 12.8 Å². The summed E-state index contributed by atoms with van der Waals surface area (Å²) >= 11 is 0. The van der Waals surface area contributed by atoms with Gasteiger partial charge in [0.25, 0.3) is 0 Å². The van der Waals surface area contributed by atoms with Crippen molar-refractivity contribution in [2.24, 2.45) is 0 Å². The van der Waals surface area contributed by atoms with Crippen LogP contribution in [0, 0.1) is 0 Å². The number of hydrogen-bond donors (Lipinski definition) is 2. The minimum Gasteiger partial charge on any atom is -0.394 e. The van der Waals surface area contributed by atoms with Crippen LogP contribution in [0.25, 0.3) is 0 Å². The Balaban J connectivity index is 3.27. The van der Waals surface area contributed by atoms with Gasteiger partial charge in [0.05, 0.1) is 6.61 Å². The molecule has 0 aromatic carbocycles. The molecule has 3 heteroatoms. The summed E-state index contributed by atoms with van der Waals surface area (Å²) in [5, 5.41) is 11.4. The number of nitrogens with one attached hydrogen (secondary N) is 1. The minimum atomic E-state index is -0.113.